The van der Waals surface area contributed by atoms with Crippen molar-refractivity contribution in [1.82, 2.24) is 29.7 Å². The zero-order valence-electron chi connectivity index (χ0n) is 33.9. The van der Waals surface area contributed by atoms with Crippen LogP contribution < -0.4 is 0 Å². The van der Waals surface area contributed by atoms with Crippen LogP contribution in [0.3, 0.4) is 0 Å². The number of amides is 2. The van der Waals surface area contributed by atoms with Gasteiger partial charge in [-0.1, -0.05) is 25.3 Å². The number of hydrogen-bond acceptors (Lipinski definition) is 12. The maximum atomic E-state index is 11.5. The molecule has 3 aromatic heterocycles. The summed E-state index contributed by atoms with van der Waals surface area (Å²) >= 11 is 0. The predicted molar refractivity (Wildman–Crippen MR) is 226 cm³/mol. The number of carbonyl (C=O) groups is 4. The Balaban J connectivity index is 0.000000445. The minimum atomic E-state index is -0.889. The fourth-order valence-corrected chi connectivity index (χ4v) is 6.37. The van der Waals surface area contributed by atoms with Crippen molar-refractivity contribution in [2.75, 3.05) is 40.1 Å². The Kier molecular flexibility index (Phi) is 17.8. The molecule has 0 atom stereocenters. The van der Waals surface area contributed by atoms with Crippen molar-refractivity contribution < 1.29 is 60.0 Å². The van der Waals surface area contributed by atoms with Gasteiger partial charge >= 0.3 is 11.9 Å². The van der Waals surface area contributed by atoms with Crippen LogP contribution in [0.15, 0.2) is 37.4 Å². The van der Waals surface area contributed by atoms with Crippen LogP contribution in [0.4, 0.5) is 0 Å². The average molecular weight is 833 g/mol. The Bertz CT molecular complexity index is 2330. The van der Waals surface area contributed by atoms with E-state index in [0.717, 1.165) is 78.0 Å². The summed E-state index contributed by atoms with van der Waals surface area (Å²) in [5.41, 5.74) is 13.7. The van der Waals surface area contributed by atoms with Gasteiger partial charge in [-0.15, -0.1) is 0 Å². The van der Waals surface area contributed by atoms with Gasteiger partial charge in [0.1, 0.15) is 40.1 Å². The summed E-state index contributed by atoms with van der Waals surface area (Å²) in [6.07, 6.45) is 4.20. The van der Waals surface area contributed by atoms with Crippen LogP contribution in [0.2, 0.25) is 0 Å². The standard InChI is InChI=1S/C34H34N4O4.2C4H9NO4/c1-7-21-17(3)25-13-26-19(5)23(9-11-33(39)40)31(37-26)16-32-24(10-12-34(41)42)20(6)28(38-32)15-30-22(8-2)18(4)27(36-30)14-29(21)35-25;2*6-1-4(9)5(2-7)3-8/h7-8,13-16,35-36H,1-2,9-12H2,3-6H3,(H,39,40)(H,41,42);2*6-8H,1-3H2. The molecule has 3 aromatic rings. The molecule has 60 heavy (non-hydrogen) atoms. The largest absolute Gasteiger partial charge is 0.481 e. The normalized spacial score (nSPS) is 11.9. The molecule has 0 aromatic carbocycles. The quantitative estimate of drug-likeness (QED) is 0.104. The maximum Gasteiger partial charge on any atom is 0.303 e. The number of carbonyl (C=O) groups excluding carboxylic acids is 2. The molecule has 0 saturated carbocycles. The molecule has 10 N–H and O–H groups in total. The summed E-state index contributed by atoms with van der Waals surface area (Å²) in [4.78, 5) is 62.1. The zero-order chi connectivity index (χ0) is 44.8. The molecule has 0 aliphatic carbocycles. The van der Waals surface area contributed by atoms with Gasteiger partial charge in [-0.3, -0.25) is 29.0 Å². The zero-order valence-corrected chi connectivity index (χ0v) is 33.9. The number of rotatable bonds is 14. The van der Waals surface area contributed by atoms with E-state index >= 15 is 0 Å². The van der Waals surface area contributed by atoms with E-state index < -0.39 is 63.9 Å². The number of aromatic amines is 2. The Hall–Kier alpha value is -6.28. The molecule has 8 bridgehead atoms. The van der Waals surface area contributed by atoms with Gasteiger partial charge in [0.25, 0.3) is 11.8 Å². The van der Waals surface area contributed by atoms with Gasteiger partial charge in [0, 0.05) is 46.0 Å². The Labute approximate surface area is 345 Å². The van der Waals surface area contributed by atoms with Gasteiger partial charge in [-0.2, -0.15) is 0 Å². The first-order chi connectivity index (χ1) is 28.5. The summed E-state index contributed by atoms with van der Waals surface area (Å²) in [6, 6.07) is 7.88. The van der Waals surface area contributed by atoms with Crippen molar-refractivity contribution in [3.05, 3.63) is 82.5 Å². The van der Waals surface area contributed by atoms with E-state index in [1.165, 1.54) is 0 Å². The molecule has 5 rings (SSSR count). The van der Waals surface area contributed by atoms with Crippen molar-refractivity contribution >= 4 is 80.3 Å². The highest BCUT2D eigenvalue weighted by Crippen LogP contribution is 2.38. The number of aliphatic hydroxyl groups excluding tert-OH is 6. The van der Waals surface area contributed by atoms with Crippen LogP contribution in [0.5, 0.6) is 0 Å². The number of H-pyrrole nitrogens is 2. The third kappa shape index (κ3) is 11.5. The molecular weight excluding hydrogens is 780 g/mol. The smallest absolute Gasteiger partial charge is 0.303 e. The molecule has 18 heteroatoms. The highest BCUT2D eigenvalue weighted by molar-refractivity contribution is 5.97. The van der Waals surface area contributed by atoms with Gasteiger partial charge in [0.2, 0.25) is 0 Å². The number of nitrogens with one attached hydrogen (secondary N) is 2. The topological polar surface area (TPSA) is 294 Å². The first-order valence-electron chi connectivity index (χ1n) is 18.6. The Morgan fingerprint density at radius 1 is 0.567 bits per heavy atom. The molecular formula is C42H52N6O12. The van der Waals surface area contributed by atoms with Gasteiger partial charge in [-0.25, -0.2) is 9.97 Å². The van der Waals surface area contributed by atoms with Crippen molar-refractivity contribution in [3.63, 3.8) is 0 Å². The van der Waals surface area contributed by atoms with Crippen LogP contribution in [0.1, 0.15) is 84.6 Å². The van der Waals surface area contributed by atoms with Crippen LogP contribution >= 0.6 is 0 Å². The SMILES string of the molecule is C=Cc1c(C)c2cc3[nH]c(cc4nc(cc5nc(cc1[nH]2)C(C)=C5CCC(=O)O)C(CCC(=O)O)=C4C)c(C)c3C=C.O=C(CO)N(CO)CO.O=C(CO)N(CO)CO. The van der Waals surface area contributed by atoms with Crippen LogP contribution in [0.25, 0.3) is 56.5 Å². The minimum Gasteiger partial charge on any atom is -0.481 e. The lowest BCUT2D eigenvalue weighted by molar-refractivity contribution is -0.143. The number of carboxylic acid groups (broad SMARTS) is 2. The number of hydrogen-bond donors (Lipinski definition) is 10. The molecule has 322 valence electrons. The first-order valence-corrected chi connectivity index (χ1v) is 18.6. The van der Waals surface area contributed by atoms with Crippen molar-refractivity contribution in [1.29, 1.82) is 0 Å². The third-order valence-corrected chi connectivity index (χ3v) is 9.88. The van der Waals surface area contributed by atoms with E-state index in [4.69, 9.17) is 40.6 Å². The number of fused-ring (bicyclic) bond motifs is 8. The highest BCUT2D eigenvalue weighted by Gasteiger charge is 2.23. The van der Waals surface area contributed by atoms with Crippen LogP contribution in [-0.2, 0) is 19.2 Å². The Morgan fingerprint density at radius 3 is 1.23 bits per heavy atom. The summed E-state index contributed by atoms with van der Waals surface area (Å²) in [6.45, 7) is 12.4. The number of aromatic nitrogens is 4. The average Bonchev–Trinajstić information content (AvgIpc) is 3.89. The number of allylic oxidation sites excluding steroid dienone is 4. The number of aryl methyl sites for hydroxylation is 2. The second kappa shape index (κ2) is 22.2. The van der Waals surface area contributed by atoms with E-state index in [0.29, 0.717) is 34.0 Å². The second-order valence-corrected chi connectivity index (χ2v) is 13.5. The minimum absolute atomic E-state index is 0.0367. The first kappa shape index (κ1) is 48.1. The van der Waals surface area contributed by atoms with E-state index in [9.17, 15) is 29.4 Å². The lowest BCUT2D eigenvalue weighted by Crippen LogP contribution is -2.34. The fourth-order valence-electron chi connectivity index (χ4n) is 6.37. The number of nitrogens with zero attached hydrogens (tertiary/aromatic N) is 4. The Morgan fingerprint density at radius 2 is 0.917 bits per heavy atom. The molecule has 0 radical (unpaired) electrons. The molecule has 0 unspecified atom stereocenters. The van der Waals surface area contributed by atoms with Crippen molar-refractivity contribution in [2.24, 2.45) is 0 Å². The monoisotopic (exact) mass is 832 g/mol. The maximum absolute atomic E-state index is 11.5. The fraction of sp³-hybridized carbons (Fsp3) is 0.333. The lowest BCUT2D eigenvalue weighted by Gasteiger charge is -2.13. The third-order valence-electron chi connectivity index (χ3n) is 9.88. The van der Waals surface area contributed by atoms with Gasteiger partial charge in [0.15, 0.2) is 0 Å². The molecule has 2 amide bonds. The van der Waals surface area contributed by atoms with Gasteiger partial charge < -0.3 is 50.8 Å². The van der Waals surface area contributed by atoms with Crippen LogP contribution in [-0.4, -0.2) is 134 Å². The number of aliphatic carboxylic acids is 2. The lowest BCUT2D eigenvalue weighted by atomic mass is 9.98. The predicted octanol–water partition coefficient (Wildman–Crippen LogP) is 3.22. The number of aliphatic hydroxyl groups is 6. The van der Waals surface area contributed by atoms with E-state index in [1.54, 1.807) is 0 Å². The molecule has 0 fully saturated rings. The van der Waals surface area contributed by atoms with Gasteiger partial charge in [-0.05, 0) is 98.2 Å². The molecule has 2 aliphatic rings. The highest BCUT2D eigenvalue weighted by atomic mass is 16.4. The van der Waals surface area contributed by atoms with Crippen LogP contribution in [0, 0.1) is 13.8 Å². The van der Waals surface area contributed by atoms with E-state index in [-0.39, 0.29) is 12.8 Å². The molecule has 5 heterocycles. The van der Waals surface area contributed by atoms with E-state index in [2.05, 4.69) is 29.2 Å². The molecule has 2 aliphatic heterocycles. The molecule has 0 saturated heterocycles. The summed E-state index contributed by atoms with van der Waals surface area (Å²) in [7, 11) is 0. The van der Waals surface area contributed by atoms with Crippen molar-refractivity contribution in [2.45, 2.75) is 53.4 Å². The van der Waals surface area contributed by atoms with E-state index in [1.807, 2.05) is 58.0 Å². The second-order valence-electron chi connectivity index (χ2n) is 13.5. The summed E-state index contributed by atoms with van der Waals surface area (Å²) < 4.78 is 0. The number of carboxylic acids is 2. The van der Waals surface area contributed by atoms with Gasteiger partial charge in [0.05, 0.1) is 22.8 Å². The molecule has 18 nitrogen and oxygen atoms in total. The van der Waals surface area contributed by atoms with Crippen molar-refractivity contribution in [3.8, 4) is 0 Å². The summed E-state index contributed by atoms with van der Waals surface area (Å²) in [5.74, 6) is -3.17. The molecule has 0 spiro atoms. The summed E-state index contributed by atoms with van der Waals surface area (Å²) in [5, 5.41) is 68.2.